The van der Waals surface area contributed by atoms with Gasteiger partial charge in [-0.25, -0.2) is 4.79 Å². The van der Waals surface area contributed by atoms with Crippen LogP contribution in [0, 0.1) is 0 Å². The highest BCUT2D eigenvalue weighted by molar-refractivity contribution is 5.75. The van der Waals surface area contributed by atoms with Gasteiger partial charge in [0.05, 0.1) is 12.6 Å². The molecule has 20 heavy (non-hydrogen) atoms. The molecule has 0 radical (unpaired) electrons. The predicted octanol–water partition coefficient (Wildman–Crippen LogP) is 1.51. The average Bonchev–Trinajstić information content (AvgIpc) is 3.04. The lowest BCUT2D eigenvalue weighted by atomic mass is 10.1. The van der Waals surface area contributed by atoms with Crippen molar-refractivity contribution in [3.63, 3.8) is 0 Å². The van der Waals surface area contributed by atoms with Crippen molar-refractivity contribution in [3.05, 3.63) is 24.0 Å². The molecule has 1 fully saturated rings. The lowest BCUT2D eigenvalue weighted by molar-refractivity contribution is 0.154. The molecule has 0 saturated carbocycles. The number of aromatic nitrogens is 1. The van der Waals surface area contributed by atoms with Crippen LogP contribution in [0.4, 0.5) is 4.79 Å². The second-order valence-electron chi connectivity index (χ2n) is 5.67. The van der Waals surface area contributed by atoms with E-state index in [1.165, 1.54) is 5.69 Å². The van der Waals surface area contributed by atoms with Crippen molar-refractivity contribution >= 4 is 6.03 Å². The molecule has 0 aliphatic carbocycles. The van der Waals surface area contributed by atoms with Crippen LogP contribution in [0.5, 0.6) is 0 Å². The van der Waals surface area contributed by atoms with Gasteiger partial charge in [0.1, 0.15) is 0 Å². The SMILES string of the molecule is CC(CCc1cccn1C)NC(=O)N1CCC[C@H]1CO. The Morgan fingerprint density at radius 3 is 3.05 bits per heavy atom. The van der Waals surface area contributed by atoms with Crippen LogP contribution in [-0.4, -0.2) is 45.8 Å². The number of nitrogens with one attached hydrogen (secondary N) is 1. The number of hydrogen-bond donors (Lipinski definition) is 2. The van der Waals surface area contributed by atoms with Crippen LogP contribution < -0.4 is 5.32 Å². The Balaban J connectivity index is 1.78. The standard InChI is InChI=1S/C15H25N3O2/c1-12(7-8-13-5-3-9-17(13)2)16-15(20)18-10-4-6-14(18)11-19/h3,5,9,12,14,19H,4,6-8,10-11H2,1-2H3,(H,16,20)/t12?,14-/m0/s1. The van der Waals surface area contributed by atoms with E-state index in [-0.39, 0.29) is 24.7 Å². The molecule has 0 spiro atoms. The summed E-state index contributed by atoms with van der Waals surface area (Å²) in [6.45, 7) is 2.84. The number of nitrogens with zero attached hydrogens (tertiary/aromatic N) is 2. The second kappa shape index (κ2) is 6.79. The molecule has 112 valence electrons. The van der Waals surface area contributed by atoms with Crippen molar-refractivity contribution in [2.75, 3.05) is 13.2 Å². The van der Waals surface area contributed by atoms with Crippen LogP contribution in [0.15, 0.2) is 18.3 Å². The molecule has 2 rings (SSSR count). The van der Waals surface area contributed by atoms with Crippen molar-refractivity contribution in [1.29, 1.82) is 0 Å². The van der Waals surface area contributed by atoms with Crippen molar-refractivity contribution in [2.45, 2.75) is 44.7 Å². The fourth-order valence-electron chi connectivity index (χ4n) is 2.78. The van der Waals surface area contributed by atoms with E-state index in [2.05, 4.69) is 16.0 Å². The van der Waals surface area contributed by atoms with E-state index in [4.69, 9.17) is 0 Å². The van der Waals surface area contributed by atoms with Crippen molar-refractivity contribution in [3.8, 4) is 0 Å². The summed E-state index contributed by atoms with van der Waals surface area (Å²) < 4.78 is 2.11. The maximum atomic E-state index is 12.2. The summed E-state index contributed by atoms with van der Waals surface area (Å²) in [4.78, 5) is 13.9. The van der Waals surface area contributed by atoms with E-state index in [0.717, 1.165) is 32.2 Å². The van der Waals surface area contributed by atoms with Gasteiger partial charge in [-0.05, 0) is 44.7 Å². The number of rotatable bonds is 5. The summed E-state index contributed by atoms with van der Waals surface area (Å²) >= 11 is 0. The molecule has 2 atom stereocenters. The number of hydrogen-bond acceptors (Lipinski definition) is 2. The Kier molecular flexibility index (Phi) is 5.06. The lowest BCUT2D eigenvalue weighted by Crippen LogP contribution is -2.47. The quantitative estimate of drug-likeness (QED) is 0.858. The van der Waals surface area contributed by atoms with Gasteiger partial charge >= 0.3 is 6.03 Å². The first kappa shape index (κ1) is 14.9. The van der Waals surface area contributed by atoms with Gasteiger partial charge in [-0.1, -0.05) is 0 Å². The molecule has 1 unspecified atom stereocenters. The van der Waals surface area contributed by atoms with Gasteiger partial charge in [0.15, 0.2) is 0 Å². The van der Waals surface area contributed by atoms with E-state index in [1.807, 2.05) is 26.2 Å². The van der Waals surface area contributed by atoms with Crippen LogP contribution in [0.25, 0.3) is 0 Å². The Bertz CT molecular complexity index is 444. The van der Waals surface area contributed by atoms with Gasteiger partial charge < -0.3 is 19.9 Å². The Morgan fingerprint density at radius 2 is 2.40 bits per heavy atom. The van der Waals surface area contributed by atoms with E-state index >= 15 is 0 Å². The molecule has 2 heterocycles. The topological polar surface area (TPSA) is 57.5 Å². The van der Waals surface area contributed by atoms with E-state index in [0.29, 0.717) is 0 Å². The molecule has 1 aliphatic heterocycles. The van der Waals surface area contributed by atoms with E-state index < -0.39 is 0 Å². The Labute approximate surface area is 120 Å². The number of amides is 2. The summed E-state index contributed by atoms with van der Waals surface area (Å²) in [5, 5.41) is 12.3. The summed E-state index contributed by atoms with van der Waals surface area (Å²) in [6.07, 6.45) is 5.79. The van der Waals surface area contributed by atoms with Gasteiger partial charge in [0, 0.05) is 31.5 Å². The number of urea groups is 1. The maximum Gasteiger partial charge on any atom is 0.317 e. The zero-order chi connectivity index (χ0) is 14.5. The minimum absolute atomic E-state index is 0.00456. The largest absolute Gasteiger partial charge is 0.394 e. The van der Waals surface area contributed by atoms with Crippen LogP contribution in [-0.2, 0) is 13.5 Å². The normalized spacial score (nSPS) is 20.1. The summed E-state index contributed by atoms with van der Waals surface area (Å²) in [7, 11) is 2.04. The molecule has 1 saturated heterocycles. The summed E-state index contributed by atoms with van der Waals surface area (Å²) in [6, 6.07) is 4.24. The molecule has 0 bridgehead atoms. The maximum absolute atomic E-state index is 12.2. The molecule has 5 nitrogen and oxygen atoms in total. The van der Waals surface area contributed by atoms with Crippen molar-refractivity contribution in [1.82, 2.24) is 14.8 Å². The molecular formula is C15H25N3O2. The summed E-state index contributed by atoms with van der Waals surface area (Å²) in [5.41, 5.74) is 1.28. The number of aliphatic hydroxyl groups is 1. The fourth-order valence-corrected chi connectivity index (χ4v) is 2.78. The first-order valence-electron chi connectivity index (χ1n) is 7.40. The summed E-state index contributed by atoms with van der Waals surface area (Å²) in [5.74, 6) is 0. The van der Waals surface area contributed by atoms with Crippen molar-refractivity contribution < 1.29 is 9.90 Å². The molecule has 0 aromatic carbocycles. The van der Waals surface area contributed by atoms with Gasteiger partial charge in [0.2, 0.25) is 0 Å². The third-order valence-corrected chi connectivity index (χ3v) is 4.10. The van der Waals surface area contributed by atoms with Gasteiger partial charge in [-0.15, -0.1) is 0 Å². The van der Waals surface area contributed by atoms with Crippen LogP contribution in [0.3, 0.4) is 0 Å². The highest BCUT2D eigenvalue weighted by Crippen LogP contribution is 2.16. The van der Waals surface area contributed by atoms with Gasteiger partial charge in [-0.2, -0.15) is 0 Å². The molecule has 1 aromatic rings. The van der Waals surface area contributed by atoms with Crippen LogP contribution in [0.1, 0.15) is 31.9 Å². The Hall–Kier alpha value is -1.49. The molecule has 2 amide bonds. The highest BCUT2D eigenvalue weighted by Gasteiger charge is 2.28. The monoisotopic (exact) mass is 279 g/mol. The second-order valence-corrected chi connectivity index (χ2v) is 5.67. The number of aliphatic hydroxyl groups excluding tert-OH is 1. The molecular weight excluding hydrogens is 254 g/mol. The molecule has 1 aliphatic rings. The van der Waals surface area contributed by atoms with Gasteiger partial charge in [-0.3, -0.25) is 0 Å². The number of carbonyl (C=O) groups is 1. The third-order valence-electron chi connectivity index (χ3n) is 4.10. The zero-order valence-electron chi connectivity index (χ0n) is 12.4. The van der Waals surface area contributed by atoms with E-state index in [9.17, 15) is 9.90 Å². The smallest absolute Gasteiger partial charge is 0.317 e. The predicted molar refractivity (Wildman–Crippen MR) is 78.5 cm³/mol. The minimum atomic E-state index is -0.0408. The van der Waals surface area contributed by atoms with E-state index in [1.54, 1.807) is 4.90 Å². The first-order chi connectivity index (χ1) is 9.61. The number of aryl methyl sites for hydroxylation is 2. The molecule has 5 heteroatoms. The third kappa shape index (κ3) is 3.54. The molecule has 2 N–H and O–H groups in total. The van der Waals surface area contributed by atoms with Gasteiger partial charge in [0.25, 0.3) is 0 Å². The molecule has 1 aromatic heterocycles. The first-order valence-corrected chi connectivity index (χ1v) is 7.40. The Morgan fingerprint density at radius 1 is 1.60 bits per heavy atom. The number of likely N-dealkylation sites (tertiary alicyclic amines) is 1. The van der Waals surface area contributed by atoms with Crippen LogP contribution in [0.2, 0.25) is 0 Å². The van der Waals surface area contributed by atoms with Crippen LogP contribution >= 0.6 is 0 Å². The highest BCUT2D eigenvalue weighted by atomic mass is 16.3. The van der Waals surface area contributed by atoms with Crippen molar-refractivity contribution in [2.24, 2.45) is 7.05 Å². The fraction of sp³-hybridized carbons (Fsp3) is 0.667. The number of carbonyl (C=O) groups excluding carboxylic acids is 1. The lowest BCUT2D eigenvalue weighted by Gasteiger charge is -2.25. The average molecular weight is 279 g/mol. The minimum Gasteiger partial charge on any atom is -0.394 e. The zero-order valence-corrected chi connectivity index (χ0v) is 12.4.